The van der Waals surface area contributed by atoms with Gasteiger partial charge in [0, 0.05) is 11.1 Å². The number of fused-ring (bicyclic) bond motifs is 1. The number of amides is 2. The molecule has 6 heteroatoms. The summed E-state index contributed by atoms with van der Waals surface area (Å²) < 4.78 is 0. The van der Waals surface area contributed by atoms with Crippen molar-refractivity contribution in [3.63, 3.8) is 0 Å². The Morgan fingerprint density at radius 3 is 2.10 bits per heavy atom. The van der Waals surface area contributed by atoms with E-state index in [-0.39, 0.29) is 6.54 Å². The predicted octanol–water partition coefficient (Wildman–Crippen LogP) is 4.73. The number of rotatable bonds is 4. The van der Waals surface area contributed by atoms with Gasteiger partial charge in [-0.25, -0.2) is 19.7 Å². The van der Waals surface area contributed by atoms with Gasteiger partial charge in [0.25, 0.3) is 0 Å². The van der Waals surface area contributed by atoms with Gasteiger partial charge in [-0.2, -0.15) is 0 Å². The van der Waals surface area contributed by atoms with Crippen molar-refractivity contribution >= 4 is 22.9 Å². The molecule has 4 rings (SSSR count). The third-order valence-electron chi connectivity index (χ3n) is 4.78. The van der Waals surface area contributed by atoms with Gasteiger partial charge in [0.15, 0.2) is 5.65 Å². The number of nitrogens with one attached hydrogen (secondary N) is 2. The largest absolute Gasteiger partial charge is 0.327 e. The van der Waals surface area contributed by atoms with E-state index in [1.54, 1.807) is 12.3 Å². The van der Waals surface area contributed by atoms with Gasteiger partial charge in [0.1, 0.15) is 5.52 Å². The first-order valence-corrected chi connectivity index (χ1v) is 9.83. The van der Waals surface area contributed by atoms with E-state index in [1.807, 2.05) is 50.2 Å². The van der Waals surface area contributed by atoms with Crippen molar-refractivity contribution in [2.24, 2.45) is 0 Å². The molecule has 4 aromatic rings. The second-order valence-electron chi connectivity index (χ2n) is 7.23. The molecule has 152 valence electrons. The first-order valence-electron chi connectivity index (χ1n) is 9.83. The highest BCUT2D eigenvalue weighted by Crippen LogP contribution is 2.31. The number of pyridine rings is 1. The lowest BCUT2D eigenvalue weighted by atomic mass is 10.0. The Hall–Kier alpha value is -4.24. The molecule has 0 unspecified atom stereocenters. The van der Waals surface area contributed by atoms with Crippen molar-refractivity contribution < 1.29 is 4.79 Å². The van der Waals surface area contributed by atoms with E-state index in [0.717, 1.165) is 22.5 Å². The molecule has 0 saturated heterocycles. The Morgan fingerprint density at radius 1 is 0.935 bits per heavy atom. The van der Waals surface area contributed by atoms with Gasteiger partial charge in [0.05, 0.1) is 29.8 Å². The summed E-state index contributed by atoms with van der Waals surface area (Å²) in [6.07, 6.45) is 6.73. The van der Waals surface area contributed by atoms with Crippen LogP contribution in [0.2, 0.25) is 0 Å². The second kappa shape index (κ2) is 8.64. The van der Waals surface area contributed by atoms with Crippen LogP contribution in [0.15, 0.2) is 60.8 Å². The lowest BCUT2D eigenvalue weighted by Crippen LogP contribution is -2.28. The minimum absolute atomic E-state index is 0.143. The molecule has 31 heavy (non-hydrogen) atoms. The molecule has 0 spiro atoms. The van der Waals surface area contributed by atoms with Gasteiger partial charge in [-0.05, 0) is 19.9 Å². The van der Waals surface area contributed by atoms with Crippen LogP contribution in [-0.4, -0.2) is 27.5 Å². The normalized spacial score (nSPS) is 10.5. The number of aryl methyl sites for hydroxylation is 2. The van der Waals surface area contributed by atoms with E-state index in [2.05, 4.69) is 33.7 Å². The molecule has 0 aliphatic heterocycles. The number of terminal acetylenes is 1. The highest BCUT2D eigenvalue weighted by molar-refractivity contribution is 5.92. The molecule has 0 aliphatic carbocycles. The molecule has 6 nitrogen and oxygen atoms in total. The van der Waals surface area contributed by atoms with Gasteiger partial charge < -0.3 is 10.6 Å². The van der Waals surface area contributed by atoms with Gasteiger partial charge in [0.2, 0.25) is 0 Å². The Labute approximate surface area is 180 Å². The van der Waals surface area contributed by atoms with Gasteiger partial charge in [-0.15, -0.1) is 6.42 Å². The van der Waals surface area contributed by atoms with Crippen LogP contribution < -0.4 is 10.6 Å². The van der Waals surface area contributed by atoms with Crippen molar-refractivity contribution in [3.8, 4) is 34.9 Å². The number of carbonyl (C=O) groups is 1. The zero-order valence-corrected chi connectivity index (χ0v) is 17.3. The lowest BCUT2D eigenvalue weighted by Gasteiger charge is -2.12. The summed E-state index contributed by atoms with van der Waals surface area (Å²) in [6, 6.07) is 17.7. The molecule has 2 N–H and O–H groups in total. The van der Waals surface area contributed by atoms with Crippen LogP contribution in [0.4, 0.5) is 10.5 Å². The number of aromatic nitrogens is 3. The highest BCUT2D eigenvalue weighted by Gasteiger charge is 2.15. The monoisotopic (exact) mass is 407 g/mol. The SMILES string of the molecule is C#CCNC(=O)Nc1cnc2nc(-c3ccc(C)cc3)c(-c3ccc(C)cc3)nc2c1. The van der Waals surface area contributed by atoms with E-state index in [0.29, 0.717) is 16.9 Å². The van der Waals surface area contributed by atoms with Crippen LogP contribution in [0.25, 0.3) is 33.7 Å². The molecule has 0 fully saturated rings. The second-order valence-corrected chi connectivity index (χ2v) is 7.23. The smallest absolute Gasteiger partial charge is 0.320 e. The number of hydrogen-bond donors (Lipinski definition) is 2. The van der Waals surface area contributed by atoms with Crippen molar-refractivity contribution in [1.29, 1.82) is 0 Å². The molecule has 2 amide bonds. The standard InChI is InChI=1S/C25H21N5O/c1-4-13-26-25(31)28-20-14-21-24(27-15-20)30-23(19-11-7-17(3)8-12-19)22(29-21)18-9-5-16(2)6-10-18/h1,5-12,14-15H,13H2,2-3H3,(H2,26,28,31). The quantitative estimate of drug-likeness (QED) is 0.479. The molecule has 2 aromatic carbocycles. The molecular formula is C25H21N5O. The average molecular weight is 407 g/mol. The first-order chi connectivity index (χ1) is 15.0. The van der Waals surface area contributed by atoms with Crippen molar-refractivity contribution in [2.75, 3.05) is 11.9 Å². The van der Waals surface area contributed by atoms with Crippen LogP contribution in [0.1, 0.15) is 11.1 Å². The highest BCUT2D eigenvalue weighted by atomic mass is 16.2. The van der Waals surface area contributed by atoms with Crippen LogP contribution in [0, 0.1) is 26.2 Å². The fraction of sp³-hybridized carbons (Fsp3) is 0.120. The number of benzene rings is 2. The number of carbonyl (C=O) groups excluding carboxylic acids is 1. The van der Waals surface area contributed by atoms with Crippen molar-refractivity contribution in [2.45, 2.75) is 13.8 Å². The van der Waals surface area contributed by atoms with Crippen LogP contribution in [0.3, 0.4) is 0 Å². The van der Waals surface area contributed by atoms with Crippen LogP contribution in [0.5, 0.6) is 0 Å². The summed E-state index contributed by atoms with van der Waals surface area (Å²) >= 11 is 0. The third kappa shape index (κ3) is 4.51. The fourth-order valence-corrected chi connectivity index (χ4v) is 3.15. The summed E-state index contributed by atoms with van der Waals surface area (Å²) in [7, 11) is 0. The Kier molecular flexibility index (Phi) is 5.59. The summed E-state index contributed by atoms with van der Waals surface area (Å²) in [4.78, 5) is 26.0. The maximum Gasteiger partial charge on any atom is 0.320 e. The maximum absolute atomic E-state index is 11.9. The van der Waals surface area contributed by atoms with E-state index >= 15 is 0 Å². The molecule has 0 atom stereocenters. The number of anilines is 1. The summed E-state index contributed by atoms with van der Waals surface area (Å²) in [5.41, 5.74) is 7.38. The molecule has 2 heterocycles. The van der Waals surface area contributed by atoms with Crippen molar-refractivity contribution in [1.82, 2.24) is 20.3 Å². The number of urea groups is 1. The lowest BCUT2D eigenvalue weighted by molar-refractivity contribution is 0.253. The van der Waals surface area contributed by atoms with E-state index in [9.17, 15) is 4.79 Å². The third-order valence-corrected chi connectivity index (χ3v) is 4.78. The van der Waals surface area contributed by atoms with Gasteiger partial charge >= 0.3 is 6.03 Å². The Bertz CT molecular complexity index is 1290. The fourth-order valence-electron chi connectivity index (χ4n) is 3.15. The molecular weight excluding hydrogens is 386 g/mol. The zero-order chi connectivity index (χ0) is 21.8. The Balaban J connectivity index is 1.82. The number of nitrogens with zero attached hydrogens (tertiary/aromatic N) is 3. The number of hydrogen-bond acceptors (Lipinski definition) is 4. The van der Waals surface area contributed by atoms with Crippen molar-refractivity contribution in [3.05, 3.63) is 71.9 Å². The van der Waals surface area contributed by atoms with E-state index in [1.165, 1.54) is 11.1 Å². The van der Waals surface area contributed by atoms with Gasteiger partial charge in [-0.3, -0.25) is 0 Å². The summed E-state index contributed by atoms with van der Waals surface area (Å²) in [5.74, 6) is 2.36. The Morgan fingerprint density at radius 2 is 1.52 bits per heavy atom. The van der Waals surface area contributed by atoms with E-state index in [4.69, 9.17) is 16.4 Å². The molecule has 2 aromatic heterocycles. The molecule has 0 saturated carbocycles. The minimum Gasteiger partial charge on any atom is -0.327 e. The first kappa shape index (κ1) is 20.0. The minimum atomic E-state index is -0.401. The zero-order valence-electron chi connectivity index (χ0n) is 17.3. The molecule has 0 radical (unpaired) electrons. The molecule has 0 bridgehead atoms. The van der Waals surface area contributed by atoms with E-state index < -0.39 is 6.03 Å². The summed E-state index contributed by atoms with van der Waals surface area (Å²) in [6.45, 7) is 4.24. The maximum atomic E-state index is 11.9. The summed E-state index contributed by atoms with van der Waals surface area (Å²) in [5, 5.41) is 5.27. The van der Waals surface area contributed by atoms with Crippen LogP contribution >= 0.6 is 0 Å². The van der Waals surface area contributed by atoms with Crippen LogP contribution in [-0.2, 0) is 0 Å². The van der Waals surface area contributed by atoms with Gasteiger partial charge in [-0.1, -0.05) is 65.6 Å². The molecule has 0 aliphatic rings. The average Bonchev–Trinajstić information content (AvgIpc) is 2.78. The predicted molar refractivity (Wildman–Crippen MR) is 124 cm³/mol. The topological polar surface area (TPSA) is 79.8 Å².